The Kier molecular flexibility index (Phi) is 4.40. The molecule has 1 aromatic carbocycles. The quantitative estimate of drug-likeness (QED) is 0.853. The van der Waals surface area contributed by atoms with Gasteiger partial charge in [0.1, 0.15) is 5.75 Å². The first-order chi connectivity index (χ1) is 8.33. The van der Waals surface area contributed by atoms with Gasteiger partial charge in [-0.1, -0.05) is 25.1 Å². The van der Waals surface area contributed by atoms with Crippen molar-refractivity contribution in [3.05, 3.63) is 29.8 Å². The molecular formula is C14H21NO2. The number of benzene rings is 1. The van der Waals surface area contributed by atoms with Crippen LogP contribution in [0.4, 0.5) is 0 Å². The Morgan fingerprint density at radius 2 is 2.29 bits per heavy atom. The van der Waals surface area contributed by atoms with E-state index in [4.69, 9.17) is 15.2 Å². The predicted molar refractivity (Wildman–Crippen MR) is 68.1 cm³/mol. The van der Waals surface area contributed by atoms with Gasteiger partial charge in [-0.15, -0.1) is 0 Å². The van der Waals surface area contributed by atoms with Gasteiger partial charge in [-0.25, -0.2) is 0 Å². The molecule has 0 radical (unpaired) electrons. The molecule has 3 heteroatoms. The van der Waals surface area contributed by atoms with Crippen molar-refractivity contribution in [1.29, 1.82) is 0 Å². The minimum Gasteiger partial charge on any atom is -0.493 e. The van der Waals surface area contributed by atoms with Crippen LogP contribution >= 0.6 is 0 Å². The summed E-state index contributed by atoms with van der Waals surface area (Å²) in [4.78, 5) is 0. The summed E-state index contributed by atoms with van der Waals surface area (Å²) in [5.41, 5.74) is 7.42. The molecule has 1 saturated heterocycles. The number of ether oxygens (including phenoxy) is 2. The van der Waals surface area contributed by atoms with E-state index in [1.54, 1.807) is 0 Å². The smallest absolute Gasteiger partial charge is 0.124 e. The lowest BCUT2D eigenvalue weighted by Crippen LogP contribution is -2.22. The first-order valence-corrected chi connectivity index (χ1v) is 6.38. The molecule has 94 valence electrons. The van der Waals surface area contributed by atoms with E-state index in [2.05, 4.69) is 13.0 Å². The lowest BCUT2D eigenvalue weighted by atomic mass is 9.92. The molecule has 1 aliphatic heterocycles. The first kappa shape index (κ1) is 12.4. The molecule has 0 amide bonds. The maximum absolute atomic E-state index is 6.31. The molecule has 1 heterocycles. The van der Waals surface area contributed by atoms with Crippen molar-refractivity contribution >= 4 is 0 Å². The summed E-state index contributed by atoms with van der Waals surface area (Å²) >= 11 is 0. The van der Waals surface area contributed by atoms with Crippen LogP contribution in [0.5, 0.6) is 5.75 Å². The number of para-hydroxylation sites is 1. The minimum absolute atomic E-state index is 0.0190. The van der Waals surface area contributed by atoms with Crippen LogP contribution in [0.3, 0.4) is 0 Å². The normalized spacial score (nSPS) is 21.4. The van der Waals surface area contributed by atoms with Gasteiger partial charge in [-0.3, -0.25) is 0 Å². The summed E-state index contributed by atoms with van der Waals surface area (Å²) in [6.45, 7) is 4.44. The molecule has 3 nitrogen and oxygen atoms in total. The third-order valence-electron chi connectivity index (χ3n) is 3.21. The molecule has 0 aliphatic carbocycles. The standard InChI is InChI=1S/C14H21NO2/c1-2-8-17-13-6-4-3-5-12(13)14(15)11-7-9-16-10-11/h3-6,11,14H,2,7-10,15H2,1H3. The van der Waals surface area contributed by atoms with Crippen LogP contribution in [-0.4, -0.2) is 19.8 Å². The molecule has 1 aromatic rings. The summed E-state index contributed by atoms with van der Waals surface area (Å²) in [5.74, 6) is 1.34. The third-order valence-corrected chi connectivity index (χ3v) is 3.21. The molecule has 0 saturated carbocycles. The molecule has 0 aromatic heterocycles. The highest BCUT2D eigenvalue weighted by molar-refractivity contribution is 5.36. The van der Waals surface area contributed by atoms with E-state index < -0.39 is 0 Å². The Morgan fingerprint density at radius 1 is 1.47 bits per heavy atom. The zero-order valence-electron chi connectivity index (χ0n) is 10.4. The van der Waals surface area contributed by atoms with Crippen molar-refractivity contribution in [2.24, 2.45) is 11.7 Å². The van der Waals surface area contributed by atoms with Crippen LogP contribution in [0.2, 0.25) is 0 Å². The highest BCUT2D eigenvalue weighted by Crippen LogP contribution is 2.32. The second kappa shape index (κ2) is 6.03. The predicted octanol–water partition coefficient (Wildman–Crippen LogP) is 2.51. The van der Waals surface area contributed by atoms with Gasteiger partial charge < -0.3 is 15.2 Å². The van der Waals surface area contributed by atoms with Gasteiger partial charge in [0, 0.05) is 24.1 Å². The Balaban J connectivity index is 2.12. The van der Waals surface area contributed by atoms with E-state index in [1.165, 1.54) is 0 Å². The topological polar surface area (TPSA) is 44.5 Å². The van der Waals surface area contributed by atoms with E-state index in [0.717, 1.165) is 44.0 Å². The Labute approximate surface area is 103 Å². The molecule has 2 rings (SSSR count). The molecule has 2 N–H and O–H groups in total. The number of nitrogens with two attached hydrogens (primary N) is 1. The minimum atomic E-state index is 0.0190. The second-order valence-electron chi connectivity index (χ2n) is 4.54. The second-order valence-corrected chi connectivity index (χ2v) is 4.54. The van der Waals surface area contributed by atoms with Crippen LogP contribution in [0, 0.1) is 5.92 Å². The molecule has 1 aliphatic rings. The van der Waals surface area contributed by atoms with Crippen molar-refractivity contribution in [1.82, 2.24) is 0 Å². The highest BCUT2D eigenvalue weighted by Gasteiger charge is 2.25. The molecule has 0 bridgehead atoms. The molecule has 1 fully saturated rings. The fourth-order valence-corrected chi connectivity index (χ4v) is 2.19. The highest BCUT2D eigenvalue weighted by atomic mass is 16.5. The van der Waals surface area contributed by atoms with E-state index >= 15 is 0 Å². The van der Waals surface area contributed by atoms with Gasteiger partial charge in [-0.05, 0) is 18.9 Å². The van der Waals surface area contributed by atoms with Crippen molar-refractivity contribution in [3.8, 4) is 5.75 Å². The molecule has 2 atom stereocenters. The van der Waals surface area contributed by atoms with E-state index in [0.29, 0.717) is 5.92 Å². The SMILES string of the molecule is CCCOc1ccccc1C(N)C1CCOC1. The van der Waals surface area contributed by atoms with Crippen molar-refractivity contribution in [3.63, 3.8) is 0 Å². The number of hydrogen-bond donors (Lipinski definition) is 1. The van der Waals surface area contributed by atoms with Crippen molar-refractivity contribution in [2.75, 3.05) is 19.8 Å². The number of hydrogen-bond acceptors (Lipinski definition) is 3. The summed E-state index contributed by atoms with van der Waals surface area (Å²) in [6, 6.07) is 8.09. The van der Waals surface area contributed by atoms with E-state index in [1.807, 2.05) is 18.2 Å². The maximum Gasteiger partial charge on any atom is 0.124 e. The summed E-state index contributed by atoms with van der Waals surface area (Å²) < 4.78 is 11.1. The van der Waals surface area contributed by atoms with Crippen molar-refractivity contribution < 1.29 is 9.47 Å². The zero-order chi connectivity index (χ0) is 12.1. The van der Waals surface area contributed by atoms with Crippen LogP contribution in [0.1, 0.15) is 31.4 Å². The zero-order valence-corrected chi connectivity index (χ0v) is 10.4. The Morgan fingerprint density at radius 3 is 3.00 bits per heavy atom. The van der Waals surface area contributed by atoms with Gasteiger partial charge in [0.2, 0.25) is 0 Å². The summed E-state index contributed by atoms with van der Waals surface area (Å²) in [7, 11) is 0. The van der Waals surface area contributed by atoms with E-state index in [9.17, 15) is 0 Å². The lowest BCUT2D eigenvalue weighted by Gasteiger charge is -2.21. The monoisotopic (exact) mass is 235 g/mol. The van der Waals surface area contributed by atoms with E-state index in [-0.39, 0.29) is 6.04 Å². The average molecular weight is 235 g/mol. The van der Waals surface area contributed by atoms with Gasteiger partial charge in [0.05, 0.1) is 13.2 Å². The molecule has 17 heavy (non-hydrogen) atoms. The van der Waals surface area contributed by atoms with Crippen LogP contribution in [-0.2, 0) is 4.74 Å². The van der Waals surface area contributed by atoms with Crippen LogP contribution in [0.15, 0.2) is 24.3 Å². The lowest BCUT2D eigenvalue weighted by molar-refractivity contribution is 0.180. The fraction of sp³-hybridized carbons (Fsp3) is 0.571. The van der Waals surface area contributed by atoms with Crippen LogP contribution in [0.25, 0.3) is 0 Å². The largest absolute Gasteiger partial charge is 0.493 e. The van der Waals surface area contributed by atoms with Gasteiger partial charge in [-0.2, -0.15) is 0 Å². The van der Waals surface area contributed by atoms with Gasteiger partial charge in [0.15, 0.2) is 0 Å². The Bertz CT molecular complexity index is 348. The molecule has 0 spiro atoms. The Hall–Kier alpha value is -1.06. The fourth-order valence-electron chi connectivity index (χ4n) is 2.19. The number of rotatable bonds is 5. The maximum atomic E-state index is 6.31. The molecule has 2 unspecified atom stereocenters. The summed E-state index contributed by atoms with van der Waals surface area (Å²) in [5, 5.41) is 0. The average Bonchev–Trinajstić information content (AvgIpc) is 2.89. The van der Waals surface area contributed by atoms with Gasteiger partial charge >= 0.3 is 0 Å². The summed E-state index contributed by atoms with van der Waals surface area (Å²) in [6.07, 6.45) is 2.05. The van der Waals surface area contributed by atoms with Gasteiger partial charge in [0.25, 0.3) is 0 Å². The van der Waals surface area contributed by atoms with Crippen molar-refractivity contribution in [2.45, 2.75) is 25.8 Å². The first-order valence-electron chi connectivity index (χ1n) is 6.38. The molecular weight excluding hydrogens is 214 g/mol. The van der Waals surface area contributed by atoms with Crippen LogP contribution < -0.4 is 10.5 Å². The third kappa shape index (κ3) is 2.99.